The first-order chi connectivity index (χ1) is 8.52. The van der Waals surface area contributed by atoms with Crippen LogP contribution in [0.15, 0.2) is 0 Å². The Morgan fingerprint density at radius 1 is 1.28 bits per heavy atom. The molecule has 0 saturated heterocycles. The monoisotopic (exact) mass is 264 g/mol. The van der Waals surface area contributed by atoms with Crippen LogP contribution in [0.25, 0.3) is 0 Å². The van der Waals surface area contributed by atoms with E-state index in [2.05, 4.69) is 5.32 Å². The maximum atomic E-state index is 12.1. The molecular formula is C12H22F2N2O2. The normalized spacial score (nSPS) is 21.4. The van der Waals surface area contributed by atoms with Crippen LogP contribution in [0, 0.1) is 5.41 Å². The van der Waals surface area contributed by atoms with Gasteiger partial charge in [-0.1, -0.05) is 25.7 Å². The SMILES string of the molecule is NCC1(C(=O)NCC(O)C(F)F)CCCCCC1. The van der Waals surface area contributed by atoms with Crippen molar-refractivity contribution in [2.75, 3.05) is 13.1 Å². The summed E-state index contributed by atoms with van der Waals surface area (Å²) >= 11 is 0. The molecule has 0 heterocycles. The number of amides is 1. The number of hydrogen-bond acceptors (Lipinski definition) is 3. The Morgan fingerprint density at radius 2 is 1.83 bits per heavy atom. The zero-order valence-corrected chi connectivity index (χ0v) is 10.5. The topological polar surface area (TPSA) is 75.4 Å². The van der Waals surface area contributed by atoms with Crippen molar-refractivity contribution in [1.82, 2.24) is 5.32 Å². The van der Waals surface area contributed by atoms with E-state index in [0.717, 1.165) is 25.7 Å². The minimum atomic E-state index is -2.84. The van der Waals surface area contributed by atoms with Crippen LogP contribution in [0.5, 0.6) is 0 Å². The van der Waals surface area contributed by atoms with Gasteiger partial charge in [0.2, 0.25) is 5.91 Å². The van der Waals surface area contributed by atoms with Gasteiger partial charge in [0.05, 0.1) is 5.41 Å². The Morgan fingerprint density at radius 3 is 2.28 bits per heavy atom. The lowest BCUT2D eigenvalue weighted by Gasteiger charge is -2.30. The average molecular weight is 264 g/mol. The molecule has 0 aromatic heterocycles. The van der Waals surface area contributed by atoms with E-state index in [0.29, 0.717) is 12.8 Å². The van der Waals surface area contributed by atoms with Crippen molar-refractivity contribution in [2.24, 2.45) is 11.1 Å². The minimum Gasteiger partial charge on any atom is -0.385 e. The first-order valence-electron chi connectivity index (χ1n) is 6.46. The van der Waals surface area contributed by atoms with Crippen LogP contribution in [-0.2, 0) is 4.79 Å². The van der Waals surface area contributed by atoms with E-state index in [4.69, 9.17) is 10.8 Å². The predicted octanol–water partition coefficient (Wildman–Crippen LogP) is 1.03. The number of carbonyl (C=O) groups is 1. The summed E-state index contributed by atoms with van der Waals surface area (Å²) in [5.41, 5.74) is 5.06. The summed E-state index contributed by atoms with van der Waals surface area (Å²) in [7, 11) is 0. The Hall–Kier alpha value is -0.750. The molecule has 1 rings (SSSR count). The largest absolute Gasteiger partial charge is 0.385 e. The van der Waals surface area contributed by atoms with Crippen LogP contribution in [-0.4, -0.2) is 36.6 Å². The smallest absolute Gasteiger partial charge is 0.265 e. The molecule has 1 aliphatic rings. The molecular weight excluding hydrogens is 242 g/mol. The van der Waals surface area contributed by atoms with E-state index in [1.807, 2.05) is 0 Å². The van der Waals surface area contributed by atoms with Crippen LogP contribution in [0.1, 0.15) is 38.5 Å². The quantitative estimate of drug-likeness (QED) is 0.649. The Bertz CT molecular complexity index is 267. The molecule has 1 amide bonds. The number of alkyl halides is 2. The highest BCUT2D eigenvalue weighted by molar-refractivity contribution is 5.82. The molecule has 0 spiro atoms. The van der Waals surface area contributed by atoms with Gasteiger partial charge < -0.3 is 16.2 Å². The predicted molar refractivity (Wildman–Crippen MR) is 64.2 cm³/mol. The van der Waals surface area contributed by atoms with Crippen molar-refractivity contribution in [3.8, 4) is 0 Å². The van der Waals surface area contributed by atoms with Crippen LogP contribution in [0.3, 0.4) is 0 Å². The van der Waals surface area contributed by atoms with Crippen LogP contribution < -0.4 is 11.1 Å². The van der Waals surface area contributed by atoms with E-state index in [1.165, 1.54) is 0 Å². The van der Waals surface area contributed by atoms with Gasteiger partial charge in [0, 0.05) is 13.1 Å². The van der Waals surface area contributed by atoms with Gasteiger partial charge in [-0.05, 0) is 12.8 Å². The maximum absolute atomic E-state index is 12.1. The summed E-state index contributed by atoms with van der Waals surface area (Å²) in [6, 6.07) is 0. The molecule has 0 aromatic rings. The number of aliphatic hydroxyl groups is 1. The zero-order chi connectivity index (χ0) is 13.6. The van der Waals surface area contributed by atoms with Crippen molar-refractivity contribution in [1.29, 1.82) is 0 Å². The number of carbonyl (C=O) groups excluding carboxylic acids is 1. The summed E-state index contributed by atoms with van der Waals surface area (Å²) in [6.45, 7) is -0.193. The molecule has 0 aliphatic heterocycles. The summed E-state index contributed by atoms with van der Waals surface area (Å²) in [5.74, 6) is -0.299. The zero-order valence-electron chi connectivity index (χ0n) is 10.5. The van der Waals surface area contributed by atoms with Crippen molar-refractivity contribution in [2.45, 2.75) is 51.1 Å². The average Bonchev–Trinajstić information content (AvgIpc) is 2.61. The Balaban J connectivity index is 2.55. The number of aliphatic hydroxyl groups excluding tert-OH is 1. The molecule has 1 unspecified atom stereocenters. The molecule has 6 heteroatoms. The summed E-state index contributed by atoms with van der Waals surface area (Å²) in [4.78, 5) is 12.1. The third-order valence-corrected chi connectivity index (χ3v) is 3.70. The van der Waals surface area contributed by atoms with Crippen molar-refractivity contribution < 1.29 is 18.7 Å². The first kappa shape index (κ1) is 15.3. The third kappa shape index (κ3) is 3.88. The molecule has 18 heavy (non-hydrogen) atoms. The van der Waals surface area contributed by atoms with Crippen molar-refractivity contribution in [3.05, 3.63) is 0 Å². The Kier molecular flexibility index (Phi) is 5.95. The van der Waals surface area contributed by atoms with Gasteiger partial charge in [0.15, 0.2) is 0 Å². The van der Waals surface area contributed by atoms with E-state index in [1.54, 1.807) is 0 Å². The maximum Gasteiger partial charge on any atom is 0.265 e. The van der Waals surface area contributed by atoms with E-state index < -0.39 is 24.5 Å². The number of halogens is 2. The van der Waals surface area contributed by atoms with Crippen molar-refractivity contribution in [3.63, 3.8) is 0 Å². The fourth-order valence-corrected chi connectivity index (χ4v) is 2.40. The van der Waals surface area contributed by atoms with Crippen LogP contribution in [0.4, 0.5) is 8.78 Å². The minimum absolute atomic E-state index is 0.226. The molecule has 1 aliphatic carbocycles. The lowest BCUT2D eigenvalue weighted by molar-refractivity contribution is -0.132. The standard InChI is InChI=1S/C12H22F2N2O2/c13-10(14)9(17)7-16-11(18)12(8-15)5-3-1-2-4-6-12/h9-10,17H,1-8,15H2,(H,16,18). The van der Waals surface area contributed by atoms with Gasteiger partial charge in [0.1, 0.15) is 6.10 Å². The van der Waals surface area contributed by atoms with E-state index in [-0.39, 0.29) is 12.5 Å². The first-order valence-corrected chi connectivity index (χ1v) is 6.46. The third-order valence-electron chi connectivity index (χ3n) is 3.70. The van der Waals surface area contributed by atoms with Gasteiger partial charge in [-0.15, -0.1) is 0 Å². The summed E-state index contributed by atoms with van der Waals surface area (Å²) in [5, 5.41) is 11.4. The number of rotatable bonds is 5. The molecule has 4 N–H and O–H groups in total. The number of hydrogen-bond donors (Lipinski definition) is 3. The van der Waals surface area contributed by atoms with Gasteiger partial charge in [0.25, 0.3) is 6.43 Å². The van der Waals surface area contributed by atoms with Crippen LogP contribution in [0.2, 0.25) is 0 Å². The molecule has 0 radical (unpaired) electrons. The molecule has 1 fully saturated rings. The highest BCUT2D eigenvalue weighted by atomic mass is 19.3. The van der Waals surface area contributed by atoms with Gasteiger partial charge in [-0.3, -0.25) is 4.79 Å². The molecule has 0 aromatic carbocycles. The van der Waals surface area contributed by atoms with E-state index in [9.17, 15) is 13.6 Å². The fourth-order valence-electron chi connectivity index (χ4n) is 2.40. The highest BCUT2D eigenvalue weighted by Crippen LogP contribution is 2.34. The second kappa shape index (κ2) is 6.99. The molecule has 1 atom stereocenters. The molecule has 1 saturated carbocycles. The van der Waals surface area contributed by atoms with Crippen LogP contribution >= 0.6 is 0 Å². The van der Waals surface area contributed by atoms with Gasteiger partial charge in [-0.25, -0.2) is 8.78 Å². The fraction of sp³-hybridized carbons (Fsp3) is 0.917. The summed E-state index contributed by atoms with van der Waals surface area (Å²) < 4.78 is 24.3. The van der Waals surface area contributed by atoms with Gasteiger partial charge in [-0.2, -0.15) is 0 Å². The number of nitrogens with two attached hydrogens (primary N) is 1. The molecule has 106 valence electrons. The van der Waals surface area contributed by atoms with Gasteiger partial charge >= 0.3 is 0 Å². The lowest BCUT2D eigenvalue weighted by Crippen LogP contribution is -2.48. The molecule has 4 nitrogen and oxygen atoms in total. The second-order valence-corrected chi connectivity index (χ2v) is 5.01. The van der Waals surface area contributed by atoms with Crippen molar-refractivity contribution >= 4 is 5.91 Å². The highest BCUT2D eigenvalue weighted by Gasteiger charge is 2.37. The lowest BCUT2D eigenvalue weighted by atomic mass is 9.79. The second-order valence-electron chi connectivity index (χ2n) is 5.01. The summed E-state index contributed by atoms with van der Waals surface area (Å²) in [6.07, 6.45) is 0.760. The Labute approximate surface area is 106 Å². The number of nitrogens with one attached hydrogen (secondary N) is 1. The molecule has 0 bridgehead atoms. The van der Waals surface area contributed by atoms with E-state index >= 15 is 0 Å².